The van der Waals surface area contributed by atoms with E-state index in [0.29, 0.717) is 6.54 Å². The molecule has 1 amide bonds. The Morgan fingerprint density at radius 3 is 2.44 bits per heavy atom. The number of nitrogens with one attached hydrogen (secondary N) is 2. The second-order valence-electron chi connectivity index (χ2n) is 5.75. The van der Waals surface area contributed by atoms with Crippen molar-refractivity contribution in [3.8, 4) is 0 Å². The van der Waals surface area contributed by atoms with Crippen LogP contribution >= 0.6 is 0 Å². The van der Waals surface area contributed by atoms with Crippen LogP contribution in [0.1, 0.15) is 25.5 Å². The van der Waals surface area contributed by atoms with Gasteiger partial charge in [0, 0.05) is 18.7 Å². The van der Waals surface area contributed by atoms with Crippen molar-refractivity contribution in [2.45, 2.75) is 26.4 Å². The normalized spacial score (nSPS) is 12.1. The zero-order chi connectivity index (χ0) is 18.2. The predicted octanol–water partition coefficient (Wildman–Crippen LogP) is 0.736. The summed E-state index contributed by atoms with van der Waals surface area (Å²) in [6.45, 7) is 6.34. The second kappa shape index (κ2) is 8.98. The number of nitrogens with zero attached hydrogens (tertiary/aromatic N) is 2. The summed E-state index contributed by atoms with van der Waals surface area (Å²) in [5, 5.41) is 5.33. The number of carbonyl (C=O) groups excluding carboxylic acids is 1. The Hall–Kier alpha value is -2.67. The quantitative estimate of drug-likeness (QED) is 0.739. The topological polar surface area (TPSA) is 87.2 Å². The molecule has 0 saturated heterocycles. The zero-order valence-corrected chi connectivity index (χ0v) is 14.6. The lowest BCUT2D eigenvalue weighted by Gasteiger charge is -2.26. The van der Waals surface area contributed by atoms with Crippen LogP contribution in [-0.2, 0) is 11.3 Å². The number of hydrogen-bond donors (Lipinski definition) is 2. The average molecular weight is 344 g/mol. The fraction of sp³-hybridized carbons (Fsp3) is 0.389. The SMILES string of the molecule is CCN(CC)C[C@H](NC(=O)Cn1[nH]c(=O)ccc1=O)c1ccccc1. The summed E-state index contributed by atoms with van der Waals surface area (Å²) in [6, 6.07) is 11.8. The Labute approximate surface area is 146 Å². The number of hydrogen-bond acceptors (Lipinski definition) is 4. The van der Waals surface area contributed by atoms with Crippen LogP contribution in [0.4, 0.5) is 0 Å². The maximum atomic E-state index is 12.4. The van der Waals surface area contributed by atoms with Crippen LogP contribution in [0.2, 0.25) is 0 Å². The van der Waals surface area contributed by atoms with Gasteiger partial charge in [-0.2, -0.15) is 0 Å². The molecule has 1 aromatic heterocycles. The fourth-order valence-electron chi connectivity index (χ4n) is 2.62. The second-order valence-corrected chi connectivity index (χ2v) is 5.75. The van der Waals surface area contributed by atoms with E-state index in [0.717, 1.165) is 35.5 Å². The molecule has 0 aliphatic rings. The molecule has 0 aliphatic carbocycles. The van der Waals surface area contributed by atoms with Gasteiger partial charge >= 0.3 is 0 Å². The summed E-state index contributed by atoms with van der Waals surface area (Å²) >= 11 is 0. The molecule has 2 rings (SSSR count). The van der Waals surface area contributed by atoms with Gasteiger partial charge in [0.05, 0.1) is 6.04 Å². The molecule has 0 fully saturated rings. The minimum absolute atomic E-state index is 0.195. The first-order valence-corrected chi connectivity index (χ1v) is 8.40. The van der Waals surface area contributed by atoms with E-state index < -0.39 is 11.1 Å². The molecule has 0 unspecified atom stereocenters. The van der Waals surface area contributed by atoms with E-state index in [-0.39, 0.29) is 18.5 Å². The van der Waals surface area contributed by atoms with E-state index in [1.54, 1.807) is 0 Å². The summed E-state index contributed by atoms with van der Waals surface area (Å²) in [5.74, 6) is -0.329. The van der Waals surface area contributed by atoms with E-state index in [4.69, 9.17) is 0 Å². The van der Waals surface area contributed by atoms with E-state index in [9.17, 15) is 14.4 Å². The molecule has 1 atom stereocenters. The van der Waals surface area contributed by atoms with Gasteiger partial charge in [-0.1, -0.05) is 44.2 Å². The Morgan fingerprint density at radius 1 is 1.12 bits per heavy atom. The highest BCUT2D eigenvalue weighted by Gasteiger charge is 2.17. The van der Waals surface area contributed by atoms with Crippen molar-refractivity contribution in [1.82, 2.24) is 20.0 Å². The number of aromatic nitrogens is 2. The third-order valence-electron chi connectivity index (χ3n) is 4.06. The average Bonchev–Trinajstić information content (AvgIpc) is 2.62. The zero-order valence-electron chi connectivity index (χ0n) is 14.6. The van der Waals surface area contributed by atoms with Gasteiger partial charge in [-0.15, -0.1) is 0 Å². The first-order chi connectivity index (χ1) is 12.0. The third-order valence-corrected chi connectivity index (χ3v) is 4.06. The molecule has 2 N–H and O–H groups in total. The molecule has 25 heavy (non-hydrogen) atoms. The monoisotopic (exact) mass is 344 g/mol. The minimum Gasteiger partial charge on any atom is -0.346 e. The molecule has 7 nitrogen and oxygen atoms in total. The van der Waals surface area contributed by atoms with Crippen molar-refractivity contribution >= 4 is 5.91 Å². The molecule has 0 saturated carbocycles. The molecular formula is C18H24N4O3. The molecule has 1 heterocycles. The Kier molecular flexibility index (Phi) is 6.71. The molecule has 0 radical (unpaired) electrons. The van der Waals surface area contributed by atoms with Crippen molar-refractivity contribution in [3.63, 3.8) is 0 Å². The van der Waals surface area contributed by atoms with Crippen LogP contribution in [0, 0.1) is 0 Å². The molecule has 7 heteroatoms. The van der Waals surface area contributed by atoms with Crippen LogP contribution < -0.4 is 16.4 Å². The molecule has 134 valence electrons. The summed E-state index contributed by atoms with van der Waals surface area (Å²) < 4.78 is 1.01. The maximum Gasteiger partial charge on any atom is 0.265 e. The minimum atomic E-state index is -0.422. The first kappa shape index (κ1) is 18.7. The standard InChI is InChI=1S/C18H24N4O3/c1-3-21(4-2)12-15(14-8-6-5-7-9-14)19-17(24)13-22-18(25)11-10-16(23)20-22/h5-11,15H,3-4,12-13H2,1-2H3,(H,19,24)(H,20,23)/t15-/m0/s1. The summed E-state index contributed by atoms with van der Waals surface area (Å²) in [7, 11) is 0. The van der Waals surface area contributed by atoms with Crippen molar-refractivity contribution < 1.29 is 4.79 Å². The molecule has 1 aromatic carbocycles. The van der Waals surface area contributed by atoms with E-state index in [2.05, 4.69) is 29.2 Å². The number of carbonyl (C=O) groups is 1. The van der Waals surface area contributed by atoms with Gasteiger partial charge in [0.15, 0.2) is 0 Å². The highest BCUT2D eigenvalue weighted by molar-refractivity contribution is 5.76. The number of rotatable bonds is 8. The van der Waals surface area contributed by atoms with Crippen molar-refractivity contribution in [3.05, 3.63) is 68.7 Å². The predicted molar refractivity (Wildman–Crippen MR) is 96.4 cm³/mol. The Bertz CT molecular complexity index is 794. The lowest BCUT2D eigenvalue weighted by atomic mass is 10.1. The van der Waals surface area contributed by atoms with E-state index in [1.165, 1.54) is 0 Å². The van der Waals surface area contributed by atoms with Gasteiger partial charge in [-0.25, -0.2) is 4.68 Å². The first-order valence-electron chi connectivity index (χ1n) is 8.40. The van der Waals surface area contributed by atoms with Gasteiger partial charge < -0.3 is 10.2 Å². The van der Waals surface area contributed by atoms with Crippen LogP contribution in [0.25, 0.3) is 0 Å². The molecule has 0 spiro atoms. The Morgan fingerprint density at radius 2 is 1.80 bits per heavy atom. The van der Waals surface area contributed by atoms with Gasteiger partial charge in [-0.3, -0.25) is 19.5 Å². The van der Waals surface area contributed by atoms with E-state index in [1.807, 2.05) is 30.3 Å². The fourth-order valence-corrected chi connectivity index (χ4v) is 2.62. The third kappa shape index (κ3) is 5.42. The molecule has 0 bridgehead atoms. The van der Waals surface area contributed by atoms with Crippen molar-refractivity contribution in [2.75, 3.05) is 19.6 Å². The number of H-pyrrole nitrogens is 1. The number of aromatic amines is 1. The van der Waals surface area contributed by atoms with Crippen LogP contribution in [0.5, 0.6) is 0 Å². The van der Waals surface area contributed by atoms with Crippen molar-refractivity contribution in [1.29, 1.82) is 0 Å². The lowest BCUT2D eigenvalue weighted by molar-refractivity contribution is -0.122. The number of amides is 1. The largest absolute Gasteiger partial charge is 0.346 e. The molecule has 2 aromatic rings. The van der Waals surface area contributed by atoms with Gasteiger partial charge in [-0.05, 0) is 18.7 Å². The lowest BCUT2D eigenvalue weighted by Crippen LogP contribution is -2.41. The maximum absolute atomic E-state index is 12.4. The highest BCUT2D eigenvalue weighted by atomic mass is 16.2. The van der Waals surface area contributed by atoms with Gasteiger partial charge in [0.1, 0.15) is 6.54 Å². The van der Waals surface area contributed by atoms with Gasteiger partial charge in [0.25, 0.3) is 11.1 Å². The van der Waals surface area contributed by atoms with Gasteiger partial charge in [0.2, 0.25) is 5.91 Å². The van der Waals surface area contributed by atoms with Crippen LogP contribution in [0.3, 0.4) is 0 Å². The number of likely N-dealkylation sites (N-methyl/N-ethyl adjacent to an activating group) is 1. The Balaban J connectivity index is 2.15. The molecular weight excluding hydrogens is 320 g/mol. The summed E-state index contributed by atoms with van der Waals surface area (Å²) in [6.07, 6.45) is 0. The van der Waals surface area contributed by atoms with Crippen LogP contribution in [-0.4, -0.2) is 40.2 Å². The number of benzene rings is 1. The molecule has 0 aliphatic heterocycles. The smallest absolute Gasteiger partial charge is 0.265 e. The highest BCUT2D eigenvalue weighted by Crippen LogP contribution is 2.14. The van der Waals surface area contributed by atoms with Crippen LogP contribution in [0.15, 0.2) is 52.1 Å². The summed E-state index contributed by atoms with van der Waals surface area (Å²) in [5.41, 5.74) is 0.154. The van der Waals surface area contributed by atoms with Crippen molar-refractivity contribution in [2.24, 2.45) is 0 Å². The van der Waals surface area contributed by atoms with E-state index >= 15 is 0 Å². The summed E-state index contributed by atoms with van der Waals surface area (Å²) in [4.78, 5) is 37.7.